The van der Waals surface area contributed by atoms with Crippen molar-refractivity contribution in [1.29, 1.82) is 0 Å². The Labute approximate surface area is 123 Å². The number of anilines is 2. The Morgan fingerprint density at radius 2 is 2.20 bits per heavy atom. The number of nitrogens with zero attached hydrogens (tertiary/aromatic N) is 2. The fourth-order valence-electron chi connectivity index (χ4n) is 1.64. The van der Waals surface area contributed by atoms with Crippen molar-refractivity contribution in [1.82, 2.24) is 9.97 Å². The fraction of sp³-hybridized carbons (Fsp3) is 0.154. The van der Waals surface area contributed by atoms with Crippen LogP contribution in [0.3, 0.4) is 0 Å². The van der Waals surface area contributed by atoms with Gasteiger partial charge in [0.1, 0.15) is 6.33 Å². The number of halogens is 2. The van der Waals surface area contributed by atoms with Crippen LogP contribution in [-0.4, -0.2) is 21.0 Å². The van der Waals surface area contributed by atoms with Crippen molar-refractivity contribution in [3.8, 4) is 0 Å². The number of benzene rings is 1. The van der Waals surface area contributed by atoms with Gasteiger partial charge in [0.15, 0.2) is 11.6 Å². The third kappa shape index (κ3) is 2.93. The predicted molar refractivity (Wildman–Crippen MR) is 75.8 cm³/mol. The first-order valence-electron chi connectivity index (χ1n) is 5.82. The van der Waals surface area contributed by atoms with Crippen molar-refractivity contribution in [2.45, 2.75) is 13.3 Å². The number of hydrogen-bond donors (Lipinski definition) is 2. The Hall–Kier alpha value is -2.02. The molecule has 2 N–H and O–H groups in total. The summed E-state index contributed by atoms with van der Waals surface area (Å²) >= 11 is 3.15. The van der Waals surface area contributed by atoms with Crippen molar-refractivity contribution in [2.24, 2.45) is 0 Å². The van der Waals surface area contributed by atoms with Crippen LogP contribution in [0.1, 0.15) is 23.0 Å². The van der Waals surface area contributed by atoms with Crippen molar-refractivity contribution in [2.75, 3.05) is 5.32 Å². The zero-order chi connectivity index (χ0) is 14.7. The zero-order valence-corrected chi connectivity index (χ0v) is 12.1. The lowest BCUT2D eigenvalue weighted by Crippen LogP contribution is -2.04. The largest absolute Gasteiger partial charge is 0.478 e. The Kier molecular flexibility index (Phi) is 4.29. The summed E-state index contributed by atoms with van der Waals surface area (Å²) in [7, 11) is 0. The fourth-order valence-corrected chi connectivity index (χ4v) is 2.06. The standard InChI is InChI=1S/C13H11BrFN3O2/c1-2-10-11(15)12(17-6-16-10)18-7-3-4-9(14)8(5-7)13(19)20/h3-6H,2H2,1H3,(H,19,20)(H,16,17,18). The highest BCUT2D eigenvalue weighted by molar-refractivity contribution is 9.10. The zero-order valence-electron chi connectivity index (χ0n) is 10.5. The van der Waals surface area contributed by atoms with Gasteiger partial charge in [-0.1, -0.05) is 6.92 Å². The van der Waals surface area contributed by atoms with Crippen LogP contribution in [-0.2, 0) is 6.42 Å². The molecule has 20 heavy (non-hydrogen) atoms. The molecule has 1 aromatic carbocycles. The number of aryl methyl sites for hydroxylation is 1. The van der Waals surface area contributed by atoms with Crippen molar-refractivity contribution in [3.05, 3.63) is 46.1 Å². The van der Waals surface area contributed by atoms with E-state index in [1.807, 2.05) is 0 Å². The molecule has 0 aliphatic rings. The number of hydrogen-bond acceptors (Lipinski definition) is 4. The van der Waals surface area contributed by atoms with Crippen LogP contribution in [0.25, 0.3) is 0 Å². The molecule has 0 saturated heterocycles. The van der Waals surface area contributed by atoms with Gasteiger partial charge >= 0.3 is 5.97 Å². The number of carboxylic acids is 1. The molecule has 1 aromatic heterocycles. The lowest BCUT2D eigenvalue weighted by molar-refractivity contribution is 0.0696. The number of aromatic carboxylic acids is 1. The Morgan fingerprint density at radius 1 is 1.45 bits per heavy atom. The molecule has 104 valence electrons. The number of aromatic nitrogens is 2. The molecule has 2 aromatic rings. The predicted octanol–water partition coefficient (Wildman–Crippen LogP) is 3.38. The summed E-state index contributed by atoms with van der Waals surface area (Å²) in [5.41, 5.74) is 0.823. The second kappa shape index (κ2) is 5.96. The van der Waals surface area contributed by atoms with E-state index in [4.69, 9.17) is 5.11 Å². The monoisotopic (exact) mass is 339 g/mol. The van der Waals surface area contributed by atoms with Gasteiger partial charge < -0.3 is 10.4 Å². The SMILES string of the molecule is CCc1ncnc(Nc2ccc(Br)c(C(=O)O)c2)c1F. The third-order valence-corrected chi connectivity index (χ3v) is 3.35. The van der Waals surface area contributed by atoms with Crippen LogP contribution in [0.4, 0.5) is 15.9 Å². The second-order valence-electron chi connectivity index (χ2n) is 3.96. The first kappa shape index (κ1) is 14.4. The number of carboxylic acid groups (broad SMARTS) is 1. The van der Waals surface area contributed by atoms with Crippen molar-refractivity contribution >= 4 is 33.4 Å². The summed E-state index contributed by atoms with van der Waals surface area (Å²) in [6.45, 7) is 1.79. The van der Waals surface area contributed by atoms with Crippen LogP contribution in [0.2, 0.25) is 0 Å². The molecule has 0 bridgehead atoms. The quantitative estimate of drug-likeness (QED) is 0.892. The molecule has 1 heterocycles. The molecule has 0 aliphatic heterocycles. The Balaban J connectivity index is 2.35. The van der Waals surface area contributed by atoms with E-state index in [1.54, 1.807) is 19.1 Å². The van der Waals surface area contributed by atoms with E-state index in [2.05, 4.69) is 31.2 Å². The molecular formula is C13H11BrFN3O2. The Morgan fingerprint density at radius 3 is 2.85 bits per heavy atom. The summed E-state index contributed by atoms with van der Waals surface area (Å²) in [4.78, 5) is 18.7. The average molecular weight is 340 g/mol. The van der Waals surface area contributed by atoms with Crippen LogP contribution in [0.5, 0.6) is 0 Å². The highest BCUT2D eigenvalue weighted by Crippen LogP contribution is 2.24. The van der Waals surface area contributed by atoms with Gasteiger partial charge in [-0.05, 0) is 40.5 Å². The van der Waals surface area contributed by atoms with Gasteiger partial charge in [-0.3, -0.25) is 0 Å². The van der Waals surface area contributed by atoms with E-state index in [0.717, 1.165) is 0 Å². The minimum atomic E-state index is -1.07. The number of rotatable bonds is 4. The molecular weight excluding hydrogens is 329 g/mol. The molecule has 7 heteroatoms. The van der Waals surface area contributed by atoms with Crippen molar-refractivity contribution < 1.29 is 14.3 Å². The molecule has 0 fully saturated rings. The first-order chi connectivity index (χ1) is 9.52. The molecule has 5 nitrogen and oxygen atoms in total. The third-order valence-electron chi connectivity index (χ3n) is 2.66. The van der Waals surface area contributed by atoms with Gasteiger partial charge in [-0.15, -0.1) is 0 Å². The maximum absolute atomic E-state index is 14.0. The Bertz CT molecular complexity index is 664. The van der Waals surface area contributed by atoms with Gasteiger partial charge in [0, 0.05) is 10.2 Å². The summed E-state index contributed by atoms with van der Waals surface area (Å²) < 4.78 is 14.4. The minimum Gasteiger partial charge on any atom is -0.478 e. The lowest BCUT2D eigenvalue weighted by Gasteiger charge is -2.09. The number of carbonyl (C=O) groups is 1. The van der Waals surface area contributed by atoms with Gasteiger partial charge in [0.2, 0.25) is 0 Å². The van der Waals surface area contributed by atoms with Crippen molar-refractivity contribution in [3.63, 3.8) is 0 Å². The highest BCUT2D eigenvalue weighted by Gasteiger charge is 2.12. The van der Waals surface area contributed by atoms with E-state index in [1.165, 1.54) is 12.4 Å². The van der Waals surface area contributed by atoms with E-state index in [9.17, 15) is 9.18 Å². The summed E-state index contributed by atoms with van der Waals surface area (Å²) in [6, 6.07) is 4.61. The van der Waals surface area contributed by atoms with E-state index in [0.29, 0.717) is 22.3 Å². The van der Waals surface area contributed by atoms with Crippen LogP contribution in [0, 0.1) is 5.82 Å². The van der Waals surface area contributed by atoms with E-state index >= 15 is 0 Å². The lowest BCUT2D eigenvalue weighted by atomic mass is 10.2. The molecule has 0 aliphatic carbocycles. The normalized spacial score (nSPS) is 10.3. The molecule has 0 atom stereocenters. The van der Waals surface area contributed by atoms with Gasteiger partial charge in [-0.25, -0.2) is 19.2 Å². The minimum absolute atomic E-state index is 0.0236. The maximum Gasteiger partial charge on any atom is 0.336 e. The smallest absolute Gasteiger partial charge is 0.336 e. The first-order valence-corrected chi connectivity index (χ1v) is 6.61. The van der Waals surface area contributed by atoms with Crippen LogP contribution < -0.4 is 5.32 Å². The summed E-state index contributed by atoms with van der Waals surface area (Å²) in [6.07, 6.45) is 1.71. The van der Waals surface area contributed by atoms with Crippen LogP contribution in [0.15, 0.2) is 29.0 Å². The summed E-state index contributed by atoms with van der Waals surface area (Å²) in [5.74, 6) is -1.58. The van der Waals surface area contributed by atoms with Gasteiger partial charge in [0.25, 0.3) is 0 Å². The molecule has 0 radical (unpaired) electrons. The number of nitrogens with one attached hydrogen (secondary N) is 1. The molecule has 0 spiro atoms. The van der Waals surface area contributed by atoms with Gasteiger partial charge in [0.05, 0.1) is 11.3 Å². The molecule has 0 amide bonds. The maximum atomic E-state index is 14.0. The van der Waals surface area contributed by atoms with Crippen LogP contribution >= 0.6 is 15.9 Å². The highest BCUT2D eigenvalue weighted by atomic mass is 79.9. The summed E-state index contributed by atoms with van der Waals surface area (Å²) in [5, 5.41) is 11.8. The molecule has 0 saturated carbocycles. The topological polar surface area (TPSA) is 75.1 Å². The molecule has 2 rings (SSSR count). The molecule has 0 unspecified atom stereocenters. The van der Waals surface area contributed by atoms with E-state index < -0.39 is 11.8 Å². The average Bonchev–Trinajstić information content (AvgIpc) is 2.43. The van der Waals surface area contributed by atoms with Gasteiger partial charge in [-0.2, -0.15) is 0 Å². The second-order valence-corrected chi connectivity index (χ2v) is 4.82. The van der Waals surface area contributed by atoms with E-state index in [-0.39, 0.29) is 11.4 Å².